The smallest absolute Gasteiger partial charge is 0.162 e. The molecule has 0 aliphatic carbocycles. The van der Waals surface area contributed by atoms with Crippen LogP contribution in [-0.4, -0.2) is 10.5 Å². The van der Waals surface area contributed by atoms with Gasteiger partial charge in [0.2, 0.25) is 0 Å². The molecule has 0 saturated carbocycles. The van der Waals surface area contributed by atoms with Crippen molar-refractivity contribution in [3.05, 3.63) is 96.6 Å². The van der Waals surface area contributed by atoms with Gasteiger partial charge in [0, 0.05) is 27.7 Å². The van der Waals surface area contributed by atoms with Crippen LogP contribution in [0.3, 0.4) is 0 Å². The van der Waals surface area contributed by atoms with E-state index in [2.05, 4.69) is 0 Å². The average Bonchev–Trinajstić information content (AvgIpc) is 2.64. The molecule has 3 aromatic rings. The van der Waals surface area contributed by atoms with Gasteiger partial charge in [-0.1, -0.05) is 91.0 Å². The Morgan fingerprint density at radius 3 is 1.46 bits per heavy atom. The van der Waals surface area contributed by atoms with Crippen LogP contribution < -0.4 is 10.6 Å². The summed E-state index contributed by atoms with van der Waals surface area (Å²) in [4.78, 5) is -0.566. The molecular weight excluding hydrogens is 335 g/mol. The Hall–Kier alpha value is -1.96. The van der Waals surface area contributed by atoms with E-state index in [9.17, 15) is 8.77 Å². The van der Waals surface area contributed by atoms with Crippen molar-refractivity contribution in [3.8, 4) is 0 Å². The molecule has 0 N–H and O–H groups in total. The maximum Gasteiger partial charge on any atom is 0.162 e. The van der Waals surface area contributed by atoms with Crippen molar-refractivity contribution in [3.63, 3.8) is 0 Å². The fourth-order valence-electron chi connectivity index (χ4n) is 2.95. The summed E-state index contributed by atoms with van der Waals surface area (Å²) in [5, 5.41) is 1.47. The van der Waals surface area contributed by atoms with Crippen molar-refractivity contribution >= 4 is 28.6 Å². The molecule has 0 aliphatic heterocycles. The van der Waals surface area contributed by atoms with Crippen molar-refractivity contribution in [2.24, 2.45) is 0 Å². The van der Waals surface area contributed by atoms with Crippen molar-refractivity contribution in [1.82, 2.24) is 0 Å². The number of benzene rings is 3. The molecule has 24 heavy (non-hydrogen) atoms. The molecule has 0 radical (unpaired) electrons. The summed E-state index contributed by atoms with van der Waals surface area (Å²) in [5.41, 5.74) is 0.842. The summed E-state index contributed by atoms with van der Waals surface area (Å²) >= 11 is 0. The Kier molecular flexibility index (Phi) is 5.13. The van der Waals surface area contributed by atoms with Crippen molar-refractivity contribution in [2.75, 3.05) is 6.26 Å². The molecule has 0 spiro atoms. The molecule has 0 saturated heterocycles. The first-order chi connectivity index (χ1) is 11.6. The second-order valence-corrected chi connectivity index (χ2v) is 10.3. The molecule has 122 valence electrons. The Morgan fingerprint density at radius 2 is 1.08 bits per heavy atom. The quantitative estimate of drug-likeness (QED) is 0.647. The second kappa shape index (κ2) is 7.29. The van der Waals surface area contributed by atoms with Crippen molar-refractivity contribution in [1.29, 1.82) is 0 Å². The lowest BCUT2D eigenvalue weighted by atomic mass is 10.2. The molecule has 2 atom stereocenters. The van der Waals surface area contributed by atoms with Crippen LogP contribution in [0, 0.1) is 0 Å². The number of hydrogen-bond donors (Lipinski definition) is 0. The van der Waals surface area contributed by atoms with Crippen LogP contribution in [0.4, 0.5) is 0 Å². The highest BCUT2D eigenvalue weighted by molar-refractivity contribution is 7.98. The van der Waals surface area contributed by atoms with E-state index in [0.29, 0.717) is 0 Å². The first kappa shape index (κ1) is 16.9. The molecule has 0 heterocycles. The second-order valence-electron chi connectivity index (χ2n) is 5.59. The van der Waals surface area contributed by atoms with Gasteiger partial charge < -0.3 is 4.57 Å². The average molecular weight is 354 g/mol. The monoisotopic (exact) mass is 354 g/mol. The molecule has 0 bridgehead atoms. The minimum atomic E-state index is -3.11. The van der Waals surface area contributed by atoms with E-state index in [0.717, 1.165) is 16.2 Å². The zero-order chi connectivity index (χ0) is 17.0. The summed E-state index contributed by atoms with van der Waals surface area (Å²) in [5.74, 6) is 0. The van der Waals surface area contributed by atoms with Gasteiger partial charge in [0.15, 0.2) is 7.14 Å². The fourth-order valence-corrected chi connectivity index (χ4v) is 8.55. The van der Waals surface area contributed by atoms with E-state index in [1.54, 1.807) is 6.26 Å². The maximum absolute atomic E-state index is 14.4. The molecule has 3 rings (SSSR count). The molecule has 0 amide bonds. The van der Waals surface area contributed by atoms with Gasteiger partial charge in [-0.3, -0.25) is 4.21 Å². The Labute approximate surface area is 145 Å². The highest BCUT2D eigenvalue weighted by Gasteiger charge is 2.40. The van der Waals surface area contributed by atoms with Gasteiger partial charge in [0.05, 0.1) is 0 Å². The highest BCUT2D eigenvalue weighted by Crippen LogP contribution is 2.58. The summed E-state index contributed by atoms with van der Waals surface area (Å²) < 4.78 is 27.0. The summed E-state index contributed by atoms with van der Waals surface area (Å²) in [7, 11) is -4.40. The van der Waals surface area contributed by atoms with Crippen LogP contribution in [0.25, 0.3) is 0 Å². The van der Waals surface area contributed by atoms with Crippen LogP contribution >= 0.6 is 7.14 Å². The zero-order valence-electron chi connectivity index (χ0n) is 13.4. The van der Waals surface area contributed by atoms with E-state index in [-0.39, 0.29) is 0 Å². The molecule has 0 aromatic heterocycles. The molecular formula is C20H19O2PS. The van der Waals surface area contributed by atoms with Gasteiger partial charge in [-0.25, -0.2) is 0 Å². The Balaban J connectivity index is 2.28. The molecule has 4 heteroatoms. The summed E-state index contributed by atoms with van der Waals surface area (Å²) in [6, 6.07) is 28.3. The van der Waals surface area contributed by atoms with E-state index in [1.165, 1.54) is 0 Å². The van der Waals surface area contributed by atoms with Crippen LogP contribution in [-0.2, 0) is 15.4 Å². The van der Waals surface area contributed by atoms with Crippen LogP contribution in [0.1, 0.15) is 10.6 Å². The predicted octanol–water partition coefficient (Wildman–Crippen LogP) is 4.08. The molecule has 0 aliphatic rings. The van der Waals surface area contributed by atoms with Gasteiger partial charge in [-0.2, -0.15) is 0 Å². The first-order valence-electron chi connectivity index (χ1n) is 7.72. The highest BCUT2D eigenvalue weighted by atomic mass is 32.2. The number of hydrogen-bond acceptors (Lipinski definition) is 2. The largest absolute Gasteiger partial charge is 0.312 e. The van der Waals surface area contributed by atoms with Gasteiger partial charge >= 0.3 is 0 Å². The van der Waals surface area contributed by atoms with Gasteiger partial charge in [0.1, 0.15) is 4.99 Å². The van der Waals surface area contributed by atoms with Crippen molar-refractivity contribution < 1.29 is 8.77 Å². The third-order valence-electron chi connectivity index (χ3n) is 4.01. The first-order valence-corrected chi connectivity index (χ1v) is 11.1. The molecule has 0 fully saturated rings. The Bertz CT molecular complexity index is 820. The summed E-state index contributed by atoms with van der Waals surface area (Å²) in [6.45, 7) is 0. The minimum Gasteiger partial charge on any atom is -0.312 e. The SMILES string of the molecule is C[S@@](=O)[C@H](c1ccccc1)P(=O)(c1ccccc1)c1ccccc1. The van der Waals surface area contributed by atoms with Gasteiger partial charge in [-0.05, 0) is 5.56 Å². The predicted molar refractivity (Wildman–Crippen MR) is 103 cm³/mol. The van der Waals surface area contributed by atoms with Crippen molar-refractivity contribution in [2.45, 2.75) is 4.99 Å². The van der Waals surface area contributed by atoms with Gasteiger partial charge in [-0.15, -0.1) is 0 Å². The van der Waals surface area contributed by atoms with E-state index >= 15 is 0 Å². The molecule has 0 unspecified atom stereocenters. The van der Waals surface area contributed by atoms with Crippen LogP contribution in [0.5, 0.6) is 0 Å². The van der Waals surface area contributed by atoms with E-state index < -0.39 is 22.9 Å². The Morgan fingerprint density at radius 1 is 0.708 bits per heavy atom. The topological polar surface area (TPSA) is 34.1 Å². The minimum absolute atomic E-state index is 0.566. The molecule has 3 aromatic carbocycles. The standard InChI is InChI=1S/C20H19O2PS/c1-24(22)20(17-11-5-2-6-12-17)23(21,18-13-7-3-8-14-18)19-15-9-4-10-16-19/h2-16,20H,1H3/t20-,24-/m1/s1. The third kappa shape index (κ3) is 3.15. The normalized spacial score (nSPS) is 14.0. The van der Waals surface area contributed by atoms with Crippen LogP contribution in [0.2, 0.25) is 0 Å². The maximum atomic E-state index is 14.4. The lowest BCUT2D eigenvalue weighted by molar-refractivity contribution is 0.585. The van der Waals surface area contributed by atoms with E-state index in [4.69, 9.17) is 0 Å². The lowest BCUT2D eigenvalue weighted by Crippen LogP contribution is -2.23. The summed E-state index contributed by atoms with van der Waals surface area (Å²) in [6.07, 6.45) is 1.64. The van der Waals surface area contributed by atoms with Crippen LogP contribution in [0.15, 0.2) is 91.0 Å². The van der Waals surface area contributed by atoms with Gasteiger partial charge in [0.25, 0.3) is 0 Å². The lowest BCUT2D eigenvalue weighted by Gasteiger charge is -2.27. The zero-order valence-corrected chi connectivity index (χ0v) is 15.1. The number of rotatable bonds is 5. The molecule has 2 nitrogen and oxygen atoms in total. The third-order valence-corrected chi connectivity index (χ3v) is 9.78. The fraction of sp³-hybridized carbons (Fsp3) is 0.100. The van der Waals surface area contributed by atoms with E-state index in [1.807, 2.05) is 91.0 Å².